The molecular weight excluding hydrogens is 996 g/mol. The Morgan fingerprint density at radius 2 is 1.26 bits per heavy atom. The van der Waals surface area contributed by atoms with Crippen molar-refractivity contribution in [2.24, 2.45) is 10.7 Å². The molecule has 0 spiro atoms. The molecule has 0 saturated heterocycles. The second-order valence-corrected chi connectivity index (χ2v) is 19.9. The molecule has 6 N–H and O–H groups in total. The van der Waals surface area contributed by atoms with Crippen molar-refractivity contribution in [3.8, 4) is 11.5 Å². The number of halogens is 1. The topological polar surface area (TPSA) is 160 Å². The molecule has 1 unspecified atom stereocenters. The summed E-state index contributed by atoms with van der Waals surface area (Å²) in [6.07, 6.45) is 1.85. The number of likely N-dealkylation sites (N-methyl/N-ethyl adjacent to an activating group) is 2. The molecule has 0 bridgehead atoms. The average molecular weight is 1070 g/mol. The van der Waals surface area contributed by atoms with Gasteiger partial charge in [0.15, 0.2) is 21.2 Å². The second kappa shape index (κ2) is 30.3. The Morgan fingerprint density at radius 3 is 1.72 bits per heavy atom. The maximum Gasteiger partial charge on any atom is 0.206 e. The molecule has 372 valence electrons. The third-order valence-electron chi connectivity index (χ3n) is 10.6. The molecule has 17 heteroatoms. The van der Waals surface area contributed by atoms with Gasteiger partial charge < -0.3 is 41.4 Å². The number of amidine groups is 1. The van der Waals surface area contributed by atoms with Gasteiger partial charge in [-0.3, -0.25) is 9.59 Å². The van der Waals surface area contributed by atoms with Crippen LogP contribution in [0, 0.1) is 0 Å². The third-order valence-corrected chi connectivity index (χ3v) is 12.9. The van der Waals surface area contributed by atoms with Crippen molar-refractivity contribution >= 4 is 105 Å². The number of rotatable bonds is 18. The predicted octanol–water partition coefficient (Wildman–Crippen LogP) is 11.7. The molecule has 5 rings (SSSR count). The fraction of sp³-hybridized carbons (Fsp3) is 0.392. The molecule has 68 heavy (non-hydrogen) atoms. The number of hydrogen-bond donors (Lipinski definition) is 4. The Bertz CT molecular complexity index is 2360. The Labute approximate surface area is 431 Å². The van der Waals surface area contributed by atoms with E-state index in [0.29, 0.717) is 44.4 Å². The maximum absolute atomic E-state index is 12.9. The van der Waals surface area contributed by atoms with Crippen molar-refractivity contribution in [2.45, 2.75) is 79.8 Å². The number of nitrogen functional groups attached to an aromatic ring is 1. The minimum atomic E-state index is -0.106. The van der Waals surface area contributed by atoms with Crippen LogP contribution in [0.5, 0.6) is 11.5 Å². The molecule has 0 aliphatic heterocycles. The largest absolute Gasteiger partial charge is 0.492 e. The predicted molar refractivity (Wildman–Crippen MR) is 306 cm³/mol. The number of hydrogen-bond acceptors (Lipinski definition) is 12. The van der Waals surface area contributed by atoms with E-state index >= 15 is 0 Å². The Kier molecular flexibility index (Phi) is 27.4. The summed E-state index contributed by atoms with van der Waals surface area (Å²) in [7, 11) is 8.16. The van der Waals surface area contributed by atoms with Gasteiger partial charge in [0.05, 0.1) is 5.33 Å². The van der Waals surface area contributed by atoms with Crippen LogP contribution in [-0.2, 0) is 12.8 Å². The molecule has 0 saturated carbocycles. The van der Waals surface area contributed by atoms with E-state index in [1.165, 1.54) is 28.7 Å². The van der Waals surface area contributed by atoms with Crippen LogP contribution in [0.4, 0.5) is 22.3 Å². The van der Waals surface area contributed by atoms with Crippen molar-refractivity contribution in [1.29, 1.82) is 0 Å². The van der Waals surface area contributed by atoms with E-state index in [9.17, 15) is 9.59 Å². The number of aromatic nitrogens is 1. The van der Waals surface area contributed by atoms with Crippen molar-refractivity contribution in [3.63, 3.8) is 0 Å². The number of benzene rings is 4. The zero-order valence-corrected chi connectivity index (χ0v) is 46.3. The minimum absolute atomic E-state index is 0. The number of aryl methyl sites for hydroxylation is 2. The molecule has 12 nitrogen and oxygen atoms in total. The second-order valence-electron chi connectivity index (χ2n) is 16.7. The van der Waals surface area contributed by atoms with Gasteiger partial charge in [0.25, 0.3) is 0 Å². The highest BCUT2D eigenvalue weighted by Crippen LogP contribution is 2.31. The van der Waals surface area contributed by atoms with Gasteiger partial charge in [0.2, 0.25) is 5.78 Å². The Balaban J connectivity index is 0.000000550. The van der Waals surface area contributed by atoms with Crippen LogP contribution < -0.4 is 31.6 Å². The number of nitrogens with two attached hydrogens (primary N) is 2. The van der Waals surface area contributed by atoms with Crippen LogP contribution >= 0.6 is 61.1 Å². The van der Waals surface area contributed by atoms with Gasteiger partial charge in [-0.15, -0.1) is 0 Å². The van der Waals surface area contributed by atoms with E-state index < -0.39 is 0 Å². The fourth-order valence-electron chi connectivity index (χ4n) is 5.26. The number of nitrogens with one attached hydrogen (secondary N) is 2. The third kappa shape index (κ3) is 20.7. The number of carbonyl (C=O) groups is 2. The highest BCUT2D eigenvalue weighted by Gasteiger charge is 2.23. The highest BCUT2D eigenvalue weighted by atomic mass is 79.9. The number of nitrogens with zero attached hydrogens (tertiary/aromatic N) is 4. The van der Waals surface area contributed by atoms with E-state index in [4.69, 9.17) is 33.2 Å². The van der Waals surface area contributed by atoms with Crippen molar-refractivity contribution in [3.05, 3.63) is 124 Å². The summed E-state index contributed by atoms with van der Waals surface area (Å²) in [4.78, 5) is 37.3. The zero-order chi connectivity index (χ0) is 49.0. The van der Waals surface area contributed by atoms with Crippen molar-refractivity contribution in [2.75, 3.05) is 68.9 Å². The van der Waals surface area contributed by atoms with Crippen LogP contribution in [0.25, 0.3) is 0 Å². The van der Waals surface area contributed by atoms with Crippen LogP contribution in [0.2, 0.25) is 0 Å². The smallest absolute Gasteiger partial charge is 0.206 e. The maximum atomic E-state index is 12.9. The van der Waals surface area contributed by atoms with Crippen LogP contribution in [0.15, 0.2) is 102 Å². The summed E-state index contributed by atoms with van der Waals surface area (Å²) in [6.45, 7) is 15.9. The van der Waals surface area contributed by atoms with Crippen LogP contribution in [0.3, 0.4) is 0 Å². The van der Waals surface area contributed by atoms with E-state index in [0.717, 1.165) is 52.6 Å². The molecule has 0 fully saturated rings. The standard InChI is InChI=1S/C24H30N4O2S.C16H26N4OS2.C10H11BrO.CH4.H3P/c1-6-16-8-7-9-17(14-16)20(29)21-22(25)27-23(31-21)26-18-10-12-19(13-11-18)30-15-24(2,3)28(4)5;1-6-23-14(17)19-15(22)18-12-7-9-13(10-8-12)21-11-16(2,3)20(4)5;1-2-8-4-3-5-9(6-8)10(12)7-11;;/h7-14H,6,15,25H2,1-5H3,(H,26,27);7-10H,6,11H2,1-5H3,(H3,17,18,19,22);3-6H,2,7H2,1H3;1H4;1H3. The Morgan fingerprint density at radius 1 is 0.794 bits per heavy atom. The lowest BCUT2D eigenvalue weighted by Gasteiger charge is -2.32. The van der Waals surface area contributed by atoms with E-state index in [-0.39, 0.29) is 45.8 Å². The number of ketones is 2. The SMILES string of the molecule is C.CCSC(N)=NC(=S)Nc1ccc(OCC(C)(C)N(C)C)cc1.CCc1cccc(C(=O)CBr)c1.CCc1cccc(C(=O)c2sc(Nc3ccc(OCC(C)(C)N(C)C)cc3)nc2N)c1.P. The van der Waals surface area contributed by atoms with Gasteiger partial charge in [-0.05, 0) is 158 Å². The molecule has 0 aliphatic carbocycles. The zero-order valence-electron chi connectivity index (χ0n) is 40.9. The lowest BCUT2D eigenvalue weighted by Crippen LogP contribution is -2.43. The van der Waals surface area contributed by atoms with Crippen molar-refractivity contribution < 1.29 is 19.1 Å². The van der Waals surface area contributed by atoms with Crippen LogP contribution in [-0.4, -0.2) is 100 Å². The number of Topliss-reactive ketones (excluding diaryl/α,β-unsaturated/α-hetero) is 1. The van der Waals surface area contributed by atoms with Gasteiger partial charge in [-0.25, -0.2) is 4.98 Å². The van der Waals surface area contributed by atoms with E-state index in [2.05, 4.69) is 87.9 Å². The van der Waals surface area contributed by atoms with Gasteiger partial charge in [0, 0.05) is 33.6 Å². The summed E-state index contributed by atoms with van der Waals surface area (Å²) in [5.74, 6) is 2.76. The number of ether oxygens (including phenoxy) is 2. The molecule has 1 aromatic heterocycles. The first kappa shape index (κ1) is 61.6. The average Bonchev–Trinajstić information content (AvgIpc) is 3.67. The summed E-state index contributed by atoms with van der Waals surface area (Å²) in [5.41, 5.74) is 17.1. The lowest BCUT2D eigenvalue weighted by molar-refractivity contribution is 0.102. The minimum Gasteiger partial charge on any atom is -0.492 e. The fourth-order valence-corrected chi connectivity index (χ4v) is 7.17. The first-order chi connectivity index (χ1) is 31.2. The summed E-state index contributed by atoms with van der Waals surface area (Å²) < 4.78 is 11.7. The Hall–Kier alpha value is -4.41. The number of aliphatic imine (C=N–C) groups is 1. The molecular formula is C51H74BrN8O4PS3. The first-order valence-corrected chi connectivity index (χ1v) is 25.0. The van der Waals surface area contributed by atoms with E-state index in [1.807, 2.05) is 132 Å². The van der Waals surface area contributed by atoms with Gasteiger partial charge in [-0.2, -0.15) is 14.9 Å². The molecule has 1 atom stereocenters. The molecule has 5 aromatic rings. The van der Waals surface area contributed by atoms with Crippen molar-refractivity contribution in [1.82, 2.24) is 14.8 Å². The number of carbonyl (C=O) groups excluding carboxylic acids is 2. The summed E-state index contributed by atoms with van der Waals surface area (Å²) in [6, 6.07) is 30.7. The highest BCUT2D eigenvalue weighted by molar-refractivity contribution is 9.09. The summed E-state index contributed by atoms with van der Waals surface area (Å²) >= 11 is 11.0. The molecule has 0 amide bonds. The molecule has 0 radical (unpaired) electrons. The summed E-state index contributed by atoms with van der Waals surface area (Å²) in [5, 5.41) is 8.06. The number of anilines is 4. The van der Waals surface area contributed by atoms with Gasteiger partial charge >= 0.3 is 0 Å². The normalized spacial score (nSPS) is 11.2. The quantitative estimate of drug-likeness (QED) is 0.0164. The molecule has 1 heterocycles. The van der Waals surface area contributed by atoms with Crippen LogP contribution in [0.1, 0.15) is 92.6 Å². The van der Waals surface area contributed by atoms with Gasteiger partial charge in [0.1, 0.15) is 35.4 Å². The first-order valence-electron chi connectivity index (χ1n) is 21.6. The number of alkyl halides is 1. The lowest BCUT2D eigenvalue weighted by atomic mass is 10.1. The number of thioether (sulfide) groups is 1. The van der Waals surface area contributed by atoms with Gasteiger partial charge in [-0.1, -0.05) is 104 Å². The monoisotopic (exact) mass is 1070 g/mol. The molecule has 0 aliphatic rings. The molecule has 4 aromatic carbocycles. The van der Waals surface area contributed by atoms with E-state index in [1.54, 1.807) is 0 Å². The number of thiazole rings is 1. The number of thiocarbonyl (C=S) groups is 1.